The molecule has 144 valence electrons. The number of nitrogens with zero attached hydrogens (tertiary/aromatic N) is 1. The number of anilines is 1. The van der Waals surface area contributed by atoms with E-state index in [9.17, 15) is 9.59 Å². The Kier molecular flexibility index (Phi) is 5.46. The second kappa shape index (κ2) is 7.82. The Morgan fingerprint density at radius 1 is 1.04 bits per heavy atom. The molecule has 3 rings (SSSR count). The fraction of sp³-hybridized carbons (Fsp3) is 0.190. The van der Waals surface area contributed by atoms with Crippen molar-refractivity contribution in [2.24, 2.45) is 0 Å². The lowest BCUT2D eigenvalue weighted by molar-refractivity contribution is -0.122. The van der Waals surface area contributed by atoms with Crippen molar-refractivity contribution in [1.82, 2.24) is 5.32 Å². The minimum Gasteiger partial charge on any atom is -0.493 e. The number of rotatable bonds is 4. The van der Waals surface area contributed by atoms with Gasteiger partial charge in [-0.05, 0) is 67.0 Å². The third-order valence-electron chi connectivity index (χ3n) is 4.64. The van der Waals surface area contributed by atoms with Crippen LogP contribution in [0.3, 0.4) is 0 Å². The quantitative estimate of drug-likeness (QED) is 0.489. The van der Waals surface area contributed by atoms with Crippen LogP contribution in [0.1, 0.15) is 16.7 Å². The van der Waals surface area contributed by atoms with E-state index in [1.54, 1.807) is 24.3 Å². The second-order valence-corrected chi connectivity index (χ2v) is 6.68. The molecule has 28 heavy (non-hydrogen) atoms. The van der Waals surface area contributed by atoms with Gasteiger partial charge in [0.2, 0.25) is 0 Å². The minimum atomic E-state index is -0.536. The topological polar surface area (TPSA) is 67.9 Å². The molecule has 1 N–H and O–H groups in total. The smallest absolute Gasteiger partial charge is 0.270 e. The van der Waals surface area contributed by atoms with Gasteiger partial charge >= 0.3 is 0 Å². The van der Waals surface area contributed by atoms with Crippen LogP contribution in [0.15, 0.2) is 42.0 Å². The number of hydrogen-bond acceptors (Lipinski definition) is 5. The van der Waals surface area contributed by atoms with Crippen LogP contribution < -0.4 is 19.7 Å². The van der Waals surface area contributed by atoms with Gasteiger partial charge in [-0.1, -0.05) is 18.2 Å². The van der Waals surface area contributed by atoms with Crippen LogP contribution in [-0.2, 0) is 9.59 Å². The number of amides is 2. The van der Waals surface area contributed by atoms with Gasteiger partial charge in [0.1, 0.15) is 5.57 Å². The van der Waals surface area contributed by atoms with Crippen molar-refractivity contribution in [3.05, 3.63) is 58.7 Å². The highest BCUT2D eigenvalue weighted by Gasteiger charge is 2.35. The Bertz CT molecular complexity index is 1010. The molecule has 0 radical (unpaired) electrons. The van der Waals surface area contributed by atoms with Crippen LogP contribution in [0.25, 0.3) is 6.08 Å². The molecule has 0 aromatic heterocycles. The summed E-state index contributed by atoms with van der Waals surface area (Å²) in [5.41, 5.74) is 3.20. The van der Waals surface area contributed by atoms with E-state index in [1.165, 1.54) is 25.2 Å². The number of carbonyl (C=O) groups excluding carboxylic acids is 2. The molecule has 1 heterocycles. The molecule has 0 unspecified atom stereocenters. The summed E-state index contributed by atoms with van der Waals surface area (Å²) < 4.78 is 10.5. The summed E-state index contributed by atoms with van der Waals surface area (Å²) in [4.78, 5) is 27.0. The third kappa shape index (κ3) is 3.48. The van der Waals surface area contributed by atoms with Crippen molar-refractivity contribution in [2.45, 2.75) is 13.8 Å². The van der Waals surface area contributed by atoms with Crippen LogP contribution in [0, 0.1) is 13.8 Å². The number of thiocarbonyl (C=S) groups is 1. The summed E-state index contributed by atoms with van der Waals surface area (Å²) >= 11 is 5.27. The lowest BCUT2D eigenvalue weighted by Gasteiger charge is -2.30. The van der Waals surface area contributed by atoms with Gasteiger partial charge in [-0.25, -0.2) is 0 Å². The molecular formula is C21H20N2O4S. The first-order valence-corrected chi connectivity index (χ1v) is 8.98. The van der Waals surface area contributed by atoms with E-state index in [0.29, 0.717) is 22.7 Å². The van der Waals surface area contributed by atoms with E-state index < -0.39 is 11.8 Å². The highest BCUT2D eigenvalue weighted by Crippen LogP contribution is 2.30. The molecule has 0 aliphatic carbocycles. The molecule has 6 nitrogen and oxygen atoms in total. The molecule has 1 aliphatic heterocycles. The van der Waals surface area contributed by atoms with Gasteiger partial charge in [0.15, 0.2) is 16.6 Å². The molecule has 0 bridgehead atoms. The number of nitrogens with one attached hydrogen (secondary N) is 1. The molecular weight excluding hydrogens is 376 g/mol. The standard InChI is InChI=1S/C21H20N2O4S/c1-12-6-5-7-16(13(12)2)23-20(25)15(19(24)22-21(23)28)10-14-8-9-17(26-3)18(11-14)27-4/h5-11H,1-4H3,(H,22,24,28)/b15-10+. The number of benzene rings is 2. The molecule has 2 aromatic carbocycles. The zero-order chi connectivity index (χ0) is 20.4. The van der Waals surface area contributed by atoms with Crippen LogP contribution in [0.5, 0.6) is 11.5 Å². The van der Waals surface area contributed by atoms with E-state index in [1.807, 2.05) is 26.0 Å². The molecule has 2 amide bonds. The Morgan fingerprint density at radius 2 is 1.75 bits per heavy atom. The Hall–Kier alpha value is -3.19. The van der Waals surface area contributed by atoms with Gasteiger partial charge in [0.05, 0.1) is 19.9 Å². The van der Waals surface area contributed by atoms with Crippen molar-refractivity contribution in [3.8, 4) is 11.5 Å². The summed E-state index contributed by atoms with van der Waals surface area (Å²) in [6, 6.07) is 10.8. The lowest BCUT2D eigenvalue weighted by Crippen LogP contribution is -2.54. The van der Waals surface area contributed by atoms with Crippen molar-refractivity contribution < 1.29 is 19.1 Å². The predicted molar refractivity (Wildman–Crippen MR) is 112 cm³/mol. The maximum Gasteiger partial charge on any atom is 0.270 e. The second-order valence-electron chi connectivity index (χ2n) is 6.29. The molecule has 1 aliphatic rings. The minimum absolute atomic E-state index is 0.0123. The molecule has 0 spiro atoms. The normalized spacial score (nSPS) is 15.6. The summed E-state index contributed by atoms with van der Waals surface area (Å²) in [6.45, 7) is 3.87. The summed E-state index contributed by atoms with van der Waals surface area (Å²) in [5.74, 6) is 0.0493. The van der Waals surface area contributed by atoms with E-state index in [2.05, 4.69) is 5.32 Å². The van der Waals surface area contributed by atoms with Crippen LogP contribution in [-0.4, -0.2) is 31.1 Å². The molecule has 1 saturated heterocycles. The van der Waals surface area contributed by atoms with Gasteiger partial charge in [0.25, 0.3) is 11.8 Å². The Labute approximate surface area is 168 Å². The Balaban J connectivity index is 2.05. The summed E-state index contributed by atoms with van der Waals surface area (Å²) in [5, 5.41) is 2.66. The van der Waals surface area contributed by atoms with Crippen molar-refractivity contribution in [2.75, 3.05) is 19.1 Å². The largest absolute Gasteiger partial charge is 0.493 e. The number of aryl methyl sites for hydroxylation is 1. The SMILES string of the molecule is COc1ccc(/C=C2\C(=O)NC(=S)N(c3cccc(C)c3C)C2=O)cc1OC. The van der Waals surface area contributed by atoms with Crippen LogP contribution in [0.4, 0.5) is 5.69 Å². The highest BCUT2D eigenvalue weighted by atomic mass is 32.1. The highest BCUT2D eigenvalue weighted by molar-refractivity contribution is 7.80. The number of ether oxygens (including phenoxy) is 2. The van der Waals surface area contributed by atoms with Crippen LogP contribution in [0.2, 0.25) is 0 Å². The summed E-state index contributed by atoms with van der Waals surface area (Å²) in [7, 11) is 3.06. The monoisotopic (exact) mass is 396 g/mol. The first kappa shape index (κ1) is 19.6. The van der Waals surface area contributed by atoms with Crippen molar-refractivity contribution >= 4 is 40.9 Å². The molecule has 7 heteroatoms. The molecule has 0 saturated carbocycles. The zero-order valence-corrected chi connectivity index (χ0v) is 16.8. The molecule has 2 aromatic rings. The van der Waals surface area contributed by atoms with Crippen molar-refractivity contribution in [1.29, 1.82) is 0 Å². The predicted octanol–water partition coefficient (Wildman–Crippen LogP) is 3.15. The number of carbonyl (C=O) groups is 2. The van der Waals surface area contributed by atoms with Gasteiger partial charge in [-0.2, -0.15) is 0 Å². The maximum absolute atomic E-state index is 13.1. The summed E-state index contributed by atoms with van der Waals surface area (Å²) in [6.07, 6.45) is 1.51. The Morgan fingerprint density at radius 3 is 2.43 bits per heavy atom. The van der Waals surface area contributed by atoms with Gasteiger partial charge in [-0.15, -0.1) is 0 Å². The zero-order valence-electron chi connectivity index (χ0n) is 16.0. The lowest BCUT2D eigenvalue weighted by atomic mass is 10.0. The molecule has 0 atom stereocenters. The average Bonchev–Trinajstić information content (AvgIpc) is 2.68. The molecule has 1 fully saturated rings. The van der Waals surface area contributed by atoms with Gasteiger partial charge in [0, 0.05) is 0 Å². The van der Waals surface area contributed by atoms with E-state index >= 15 is 0 Å². The number of hydrogen-bond donors (Lipinski definition) is 1. The fourth-order valence-electron chi connectivity index (χ4n) is 2.96. The van der Waals surface area contributed by atoms with Gasteiger partial charge < -0.3 is 9.47 Å². The van der Waals surface area contributed by atoms with Crippen LogP contribution >= 0.6 is 12.2 Å². The van der Waals surface area contributed by atoms with E-state index in [-0.39, 0.29) is 10.7 Å². The first-order chi connectivity index (χ1) is 13.4. The van der Waals surface area contributed by atoms with Crippen molar-refractivity contribution in [3.63, 3.8) is 0 Å². The van der Waals surface area contributed by atoms with E-state index in [0.717, 1.165) is 11.1 Å². The third-order valence-corrected chi connectivity index (χ3v) is 4.92. The number of methoxy groups -OCH3 is 2. The fourth-order valence-corrected chi connectivity index (χ4v) is 3.24. The van der Waals surface area contributed by atoms with E-state index in [4.69, 9.17) is 21.7 Å². The average molecular weight is 396 g/mol. The van der Waals surface area contributed by atoms with Gasteiger partial charge in [-0.3, -0.25) is 19.8 Å². The maximum atomic E-state index is 13.1. The first-order valence-electron chi connectivity index (χ1n) is 8.57.